The molecule has 0 heterocycles. The van der Waals surface area contributed by atoms with E-state index in [-0.39, 0.29) is 5.75 Å². The molecule has 0 radical (unpaired) electrons. The average molecular weight is 309 g/mol. The van der Waals surface area contributed by atoms with Gasteiger partial charge < -0.3 is 15.8 Å². The van der Waals surface area contributed by atoms with Crippen LogP contribution in [0.4, 0.5) is 10.1 Å². The summed E-state index contributed by atoms with van der Waals surface area (Å²) < 4.78 is 18.6. The fourth-order valence-electron chi connectivity index (χ4n) is 1.91. The van der Waals surface area contributed by atoms with Gasteiger partial charge >= 0.3 is 0 Å². The summed E-state index contributed by atoms with van der Waals surface area (Å²) in [6, 6.07) is 10.2. The molecule has 0 bridgehead atoms. The number of benzene rings is 2. The number of nitrogens with two attached hydrogens (primary N) is 1. The van der Waals surface area contributed by atoms with Gasteiger partial charge in [0.05, 0.1) is 17.8 Å². The van der Waals surface area contributed by atoms with Gasteiger partial charge in [-0.15, -0.1) is 0 Å². The first-order valence-electron chi connectivity index (χ1n) is 6.16. The zero-order chi connectivity index (χ0) is 15.4. The van der Waals surface area contributed by atoms with Crippen molar-refractivity contribution in [2.75, 3.05) is 12.4 Å². The lowest BCUT2D eigenvalue weighted by Crippen LogP contribution is -2.28. The Morgan fingerprint density at radius 1 is 1.33 bits per heavy atom. The molecule has 0 saturated heterocycles. The molecule has 21 heavy (non-hydrogen) atoms. The van der Waals surface area contributed by atoms with Crippen LogP contribution in [-0.4, -0.2) is 13.0 Å². The highest BCUT2D eigenvalue weighted by Crippen LogP contribution is 2.28. The predicted molar refractivity (Wildman–Crippen MR) is 80.0 cm³/mol. The van der Waals surface area contributed by atoms with E-state index in [1.807, 2.05) is 0 Å². The SMILES string of the molecule is COc1ccc(C(Nc2ccccc2Cl)C(N)=O)cc1F. The Bertz CT molecular complexity index is 664. The third-order valence-electron chi connectivity index (χ3n) is 2.97. The zero-order valence-electron chi connectivity index (χ0n) is 11.3. The van der Waals surface area contributed by atoms with Gasteiger partial charge in [-0.3, -0.25) is 4.79 Å². The van der Waals surface area contributed by atoms with Gasteiger partial charge in [0.1, 0.15) is 6.04 Å². The van der Waals surface area contributed by atoms with E-state index in [1.54, 1.807) is 30.3 Å². The Labute approximate surface area is 126 Å². The summed E-state index contributed by atoms with van der Waals surface area (Å²) in [5.74, 6) is -1.11. The van der Waals surface area contributed by atoms with Crippen LogP contribution in [0.2, 0.25) is 5.02 Å². The number of ether oxygens (including phenoxy) is 1. The van der Waals surface area contributed by atoms with Crippen LogP contribution in [0, 0.1) is 5.82 Å². The van der Waals surface area contributed by atoms with Crippen LogP contribution < -0.4 is 15.8 Å². The number of rotatable bonds is 5. The van der Waals surface area contributed by atoms with Gasteiger partial charge in [0.25, 0.3) is 0 Å². The minimum absolute atomic E-state index is 0.0970. The Balaban J connectivity index is 2.34. The van der Waals surface area contributed by atoms with E-state index < -0.39 is 17.8 Å². The third kappa shape index (κ3) is 3.44. The van der Waals surface area contributed by atoms with E-state index in [0.29, 0.717) is 16.3 Å². The average Bonchev–Trinajstić information content (AvgIpc) is 2.46. The fourth-order valence-corrected chi connectivity index (χ4v) is 2.10. The standard InChI is InChI=1S/C15H14ClFN2O2/c1-21-13-7-6-9(8-11(13)17)14(15(18)20)19-12-5-3-2-4-10(12)16/h2-8,14,19H,1H3,(H2,18,20). The van der Waals surface area contributed by atoms with Gasteiger partial charge in [-0.2, -0.15) is 0 Å². The van der Waals surface area contributed by atoms with Gasteiger partial charge in [0.15, 0.2) is 11.6 Å². The Morgan fingerprint density at radius 3 is 2.62 bits per heavy atom. The number of primary amides is 1. The first-order chi connectivity index (χ1) is 10.0. The molecule has 2 aromatic carbocycles. The number of amides is 1. The van der Waals surface area contributed by atoms with E-state index in [9.17, 15) is 9.18 Å². The number of carbonyl (C=O) groups excluding carboxylic acids is 1. The first-order valence-corrected chi connectivity index (χ1v) is 6.54. The summed E-state index contributed by atoms with van der Waals surface area (Å²) in [5, 5.41) is 3.36. The predicted octanol–water partition coefficient (Wildman–Crippen LogP) is 3.13. The number of hydrogen-bond donors (Lipinski definition) is 2. The third-order valence-corrected chi connectivity index (χ3v) is 3.30. The van der Waals surface area contributed by atoms with Gasteiger partial charge in [-0.05, 0) is 29.8 Å². The number of nitrogens with one attached hydrogen (secondary N) is 1. The summed E-state index contributed by atoms with van der Waals surface area (Å²) in [4.78, 5) is 11.6. The normalized spacial score (nSPS) is 11.8. The number of anilines is 1. The molecule has 1 unspecified atom stereocenters. The molecular formula is C15H14ClFN2O2. The second-order valence-corrected chi connectivity index (χ2v) is 4.76. The molecule has 6 heteroatoms. The van der Waals surface area contributed by atoms with Crippen molar-refractivity contribution in [3.8, 4) is 5.75 Å². The topological polar surface area (TPSA) is 64.3 Å². The maximum absolute atomic E-state index is 13.8. The molecular weight excluding hydrogens is 295 g/mol. The van der Waals surface area contributed by atoms with Crippen molar-refractivity contribution in [1.82, 2.24) is 0 Å². The minimum Gasteiger partial charge on any atom is -0.494 e. The van der Waals surface area contributed by atoms with Crippen LogP contribution in [0.25, 0.3) is 0 Å². The van der Waals surface area contributed by atoms with Gasteiger partial charge in [-0.25, -0.2) is 4.39 Å². The highest BCUT2D eigenvalue weighted by atomic mass is 35.5. The van der Waals surface area contributed by atoms with Crippen molar-refractivity contribution < 1.29 is 13.9 Å². The van der Waals surface area contributed by atoms with E-state index in [2.05, 4.69) is 5.32 Å². The van der Waals surface area contributed by atoms with Crippen LogP contribution in [-0.2, 0) is 4.79 Å². The van der Waals surface area contributed by atoms with Crippen molar-refractivity contribution in [3.63, 3.8) is 0 Å². The second-order valence-electron chi connectivity index (χ2n) is 4.35. The molecule has 2 aromatic rings. The monoisotopic (exact) mass is 308 g/mol. The smallest absolute Gasteiger partial charge is 0.244 e. The Hall–Kier alpha value is -2.27. The summed E-state index contributed by atoms with van der Waals surface area (Å²) >= 11 is 6.03. The molecule has 1 amide bonds. The first kappa shape index (κ1) is 15.1. The number of methoxy groups -OCH3 is 1. The molecule has 110 valence electrons. The van der Waals surface area contributed by atoms with Crippen molar-refractivity contribution in [2.45, 2.75) is 6.04 Å². The minimum atomic E-state index is -0.898. The Kier molecular flexibility index (Phi) is 4.65. The second kappa shape index (κ2) is 6.45. The molecule has 0 aromatic heterocycles. The van der Waals surface area contributed by atoms with E-state index in [4.69, 9.17) is 22.1 Å². The summed E-state index contributed by atoms with van der Waals surface area (Å²) in [6.45, 7) is 0. The maximum Gasteiger partial charge on any atom is 0.244 e. The lowest BCUT2D eigenvalue weighted by molar-refractivity contribution is -0.118. The van der Waals surface area contributed by atoms with Crippen molar-refractivity contribution >= 4 is 23.2 Å². The molecule has 3 N–H and O–H groups in total. The molecule has 0 saturated carbocycles. The molecule has 0 spiro atoms. The van der Waals surface area contributed by atoms with Crippen LogP contribution in [0.3, 0.4) is 0 Å². The van der Waals surface area contributed by atoms with Crippen molar-refractivity contribution in [1.29, 1.82) is 0 Å². The zero-order valence-corrected chi connectivity index (χ0v) is 12.0. The molecule has 4 nitrogen and oxygen atoms in total. The molecule has 2 rings (SSSR count). The number of halogens is 2. The van der Waals surface area contributed by atoms with Crippen LogP contribution in [0.5, 0.6) is 5.75 Å². The molecule has 0 fully saturated rings. The Morgan fingerprint density at radius 2 is 2.05 bits per heavy atom. The van der Waals surface area contributed by atoms with Gasteiger partial charge in [-0.1, -0.05) is 29.8 Å². The van der Waals surface area contributed by atoms with Crippen LogP contribution in [0.1, 0.15) is 11.6 Å². The van der Waals surface area contributed by atoms with E-state index in [0.717, 1.165) is 0 Å². The van der Waals surface area contributed by atoms with E-state index in [1.165, 1.54) is 19.2 Å². The van der Waals surface area contributed by atoms with E-state index >= 15 is 0 Å². The van der Waals surface area contributed by atoms with Gasteiger partial charge in [0, 0.05) is 0 Å². The lowest BCUT2D eigenvalue weighted by Gasteiger charge is -2.18. The quantitative estimate of drug-likeness (QED) is 0.892. The lowest BCUT2D eigenvalue weighted by atomic mass is 10.1. The van der Waals surface area contributed by atoms with Gasteiger partial charge in [0.2, 0.25) is 5.91 Å². The summed E-state index contributed by atoms with van der Waals surface area (Å²) in [5.41, 5.74) is 6.32. The largest absolute Gasteiger partial charge is 0.494 e. The molecule has 0 aliphatic carbocycles. The molecule has 0 aliphatic rings. The van der Waals surface area contributed by atoms with Crippen molar-refractivity contribution in [2.24, 2.45) is 5.73 Å². The highest BCUT2D eigenvalue weighted by Gasteiger charge is 2.20. The summed E-state index contributed by atoms with van der Waals surface area (Å²) in [7, 11) is 1.37. The highest BCUT2D eigenvalue weighted by molar-refractivity contribution is 6.33. The maximum atomic E-state index is 13.8. The van der Waals surface area contributed by atoms with Crippen LogP contribution in [0.15, 0.2) is 42.5 Å². The fraction of sp³-hybridized carbons (Fsp3) is 0.133. The van der Waals surface area contributed by atoms with Crippen LogP contribution >= 0.6 is 11.6 Å². The van der Waals surface area contributed by atoms with Crippen molar-refractivity contribution in [3.05, 3.63) is 58.9 Å². The molecule has 1 atom stereocenters. The number of hydrogen-bond acceptors (Lipinski definition) is 3. The molecule has 0 aliphatic heterocycles. The summed E-state index contributed by atoms with van der Waals surface area (Å²) in [6.07, 6.45) is 0. The number of para-hydroxylation sites is 1. The number of carbonyl (C=O) groups is 1.